The van der Waals surface area contributed by atoms with Crippen molar-refractivity contribution in [1.82, 2.24) is 15.6 Å². The van der Waals surface area contributed by atoms with Crippen molar-refractivity contribution in [2.45, 2.75) is 12.8 Å². The molecular weight excluding hydrogens is 254 g/mol. The van der Waals surface area contributed by atoms with Crippen molar-refractivity contribution in [3.8, 4) is 11.3 Å². The van der Waals surface area contributed by atoms with E-state index in [-0.39, 0.29) is 5.91 Å². The van der Waals surface area contributed by atoms with E-state index in [4.69, 9.17) is 4.42 Å². The number of aryl methyl sites for hydroxylation is 1. The average Bonchev–Trinajstić information content (AvgIpc) is 2.95. The predicted octanol–water partition coefficient (Wildman–Crippen LogP) is 1.61. The molecule has 0 aliphatic heterocycles. The summed E-state index contributed by atoms with van der Waals surface area (Å²) in [6.07, 6.45) is 2.60. The third kappa shape index (κ3) is 4.20. The largest absolute Gasteiger partial charge is 0.441 e. The van der Waals surface area contributed by atoms with Crippen LogP contribution in [0.1, 0.15) is 12.3 Å². The van der Waals surface area contributed by atoms with Crippen molar-refractivity contribution in [3.05, 3.63) is 42.4 Å². The maximum Gasteiger partial charge on any atom is 0.220 e. The summed E-state index contributed by atoms with van der Waals surface area (Å²) in [6, 6.07) is 9.79. The molecule has 0 unspecified atom stereocenters. The Morgan fingerprint density at radius 1 is 1.25 bits per heavy atom. The van der Waals surface area contributed by atoms with Gasteiger partial charge in [-0.1, -0.05) is 30.3 Å². The number of likely N-dealkylation sites (N-methyl/N-ethyl adjacent to an activating group) is 1. The second kappa shape index (κ2) is 7.45. The number of amides is 1. The van der Waals surface area contributed by atoms with Crippen molar-refractivity contribution >= 4 is 5.91 Å². The SMILES string of the molecule is CNCCNC(=O)CCc1ncc(-c2ccccc2)o1. The summed E-state index contributed by atoms with van der Waals surface area (Å²) in [6.45, 7) is 1.40. The van der Waals surface area contributed by atoms with Crippen LogP contribution in [0.4, 0.5) is 0 Å². The van der Waals surface area contributed by atoms with Crippen LogP contribution in [-0.4, -0.2) is 31.0 Å². The molecule has 0 fully saturated rings. The van der Waals surface area contributed by atoms with Crippen LogP contribution in [-0.2, 0) is 11.2 Å². The first-order valence-electron chi connectivity index (χ1n) is 6.71. The number of hydrogen-bond acceptors (Lipinski definition) is 4. The zero-order valence-corrected chi connectivity index (χ0v) is 11.6. The van der Waals surface area contributed by atoms with Gasteiger partial charge in [0.2, 0.25) is 5.91 Å². The minimum absolute atomic E-state index is 0.0136. The number of carbonyl (C=O) groups excluding carboxylic acids is 1. The highest BCUT2D eigenvalue weighted by Gasteiger charge is 2.08. The fraction of sp³-hybridized carbons (Fsp3) is 0.333. The van der Waals surface area contributed by atoms with Crippen LogP contribution in [0.2, 0.25) is 0 Å². The van der Waals surface area contributed by atoms with Gasteiger partial charge in [-0.05, 0) is 7.05 Å². The third-order valence-electron chi connectivity index (χ3n) is 2.87. The van der Waals surface area contributed by atoms with E-state index >= 15 is 0 Å². The molecule has 1 amide bonds. The minimum atomic E-state index is 0.0136. The molecule has 1 aromatic heterocycles. The van der Waals surface area contributed by atoms with Gasteiger partial charge in [-0.15, -0.1) is 0 Å². The molecule has 0 atom stereocenters. The van der Waals surface area contributed by atoms with Gasteiger partial charge in [0, 0.05) is 31.5 Å². The molecule has 1 heterocycles. The van der Waals surface area contributed by atoms with Crippen LogP contribution in [0.5, 0.6) is 0 Å². The van der Waals surface area contributed by atoms with Crippen molar-refractivity contribution < 1.29 is 9.21 Å². The predicted molar refractivity (Wildman–Crippen MR) is 77.2 cm³/mol. The molecule has 20 heavy (non-hydrogen) atoms. The Balaban J connectivity index is 1.83. The number of nitrogens with zero attached hydrogens (tertiary/aromatic N) is 1. The van der Waals surface area contributed by atoms with Gasteiger partial charge in [-0.3, -0.25) is 4.79 Å². The maximum atomic E-state index is 11.6. The van der Waals surface area contributed by atoms with Crippen LogP contribution in [0.25, 0.3) is 11.3 Å². The van der Waals surface area contributed by atoms with Crippen LogP contribution in [0.15, 0.2) is 40.9 Å². The molecule has 2 aromatic rings. The van der Waals surface area contributed by atoms with Gasteiger partial charge in [0.05, 0.1) is 6.20 Å². The number of oxazole rings is 1. The van der Waals surface area contributed by atoms with Crippen molar-refractivity contribution in [1.29, 1.82) is 0 Å². The lowest BCUT2D eigenvalue weighted by molar-refractivity contribution is -0.121. The van der Waals surface area contributed by atoms with E-state index in [0.717, 1.165) is 17.9 Å². The molecule has 0 saturated carbocycles. The molecule has 0 spiro atoms. The summed E-state index contributed by atoms with van der Waals surface area (Å²) >= 11 is 0. The topological polar surface area (TPSA) is 67.2 Å². The first-order chi connectivity index (χ1) is 9.79. The summed E-state index contributed by atoms with van der Waals surface area (Å²) in [7, 11) is 1.85. The van der Waals surface area contributed by atoms with E-state index in [0.29, 0.717) is 25.3 Å². The Kier molecular flexibility index (Phi) is 5.32. The van der Waals surface area contributed by atoms with Gasteiger partial charge >= 0.3 is 0 Å². The Hall–Kier alpha value is -2.14. The highest BCUT2D eigenvalue weighted by molar-refractivity contribution is 5.76. The smallest absolute Gasteiger partial charge is 0.220 e. The van der Waals surface area contributed by atoms with Crippen LogP contribution < -0.4 is 10.6 Å². The molecule has 0 aliphatic carbocycles. The molecule has 106 valence electrons. The molecule has 0 bridgehead atoms. The van der Waals surface area contributed by atoms with Crippen LogP contribution >= 0.6 is 0 Å². The molecule has 0 radical (unpaired) electrons. The van der Waals surface area contributed by atoms with E-state index in [9.17, 15) is 4.79 Å². The van der Waals surface area contributed by atoms with Gasteiger partial charge in [-0.2, -0.15) is 0 Å². The molecule has 0 aliphatic rings. The number of aromatic nitrogens is 1. The average molecular weight is 273 g/mol. The lowest BCUT2D eigenvalue weighted by atomic mass is 10.2. The molecular formula is C15H19N3O2. The molecule has 5 heteroatoms. The zero-order valence-electron chi connectivity index (χ0n) is 11.6. The lowest BCUT2D eigenvalue weighted by Crippen LogP contribution is -2.30. The van der Waals surface area contributed by atoms with E-state index in [1.54, 1.807) is 6.20 Å². The molecule has 1 aromatic carbocycles. The normalized spacial score (nSPS) is 10.4. The fourth-order valence-electron chi connectivity index (χ4n) is 1.80. The Morgan fingerprint density at radius 3 is 2.80 bits per heavy atom. The summed E-state index contributed by atoms with van der Waals surface area (Å²) in [5, 5.41) is 5.79. The Bertz CT molecular complexity index is 537. The number of benzene rings is 1. The summed E-state index contributed by atoms with van der Waals surface area (Å²) in [5.74, 6) is 1.34. The van der Waals surface area contributed by atoms with Crippen molar-refractivity contribution in [3.63, 3.8) is 0 Å². The minimum Gasteiger partial charge on any atom is -0.441 e. The number of nitrogens with one attached hydrogen (secondary N) is 2. The molecule has 2 N–H and O–H groups in total. The van der Waals surface area contributed by atoms with Crippen molar-refractivity contribution in [2.75, 3.05) is 20.1 Å². The monoisotopic (exact) mass is 273 g/mol. The lowest BCUT2D eigenvalue weighted by Gasteiger charge is -2.02. The second-order valence-electron chi connectivity index (χ2n) is 4.44. The number of hydrogen-bond donors (Lipinski definition) is 2. The number of rotatable bonds is 7. The van der Waals surface area contributed by atoms with Gasteiger partial charge in [0.25, 0.3) is 0 Å². The molecule has 5 nitrogen and oxygen atoms in total. The van der Waals surface area contributed by atoms with E-state index < -0.39 is 0 Å². The van der Waals surface area contributed by atoms with E-state index in [2.05, 4.69) is 15.6 Å². The summed E-state index contributed by atoms with van der Waals surface area (Å²) < 4.78 is 5.64. The van der Waals surface area contributed by atoms with Gasteiger partial charge in [0.1, 0.15) is 0 Å². The van der Waals surface area contributed by atoms with Crippen molar-refractivity contribution in [2.24, 2.45) is 0 Å². The highest BCUT2D eigenvalue weighted by atomic mass is 16.4. The quantitative estimate of drug-likeness (QED) is 0.752. The molecule has 0 saturated heterocycles. The first kappa shape index (κ1) is 14.3. The van der Waals surface area contributed by atoms with Gasteiger partial charge < -0.3 is 15.1 Å². The number of carbonyl (C=O) groups is 1. The van der Waals surface area contributed by atoms with Crippen LogP contribution in [0.3, 0.4) is 0 Å². The standard InChI is InChI=1S/C15H19N3O2/c1-16-9-10-17-14(19)7-8-15-18-11-13(20-15)12-5-3-2-4-6-12/h2-6,11,16H,7-10H2,1H3,(H,17,19). The van der Waals surface area contributed by atoms with E-state index in [1.807, 2.05) is 37.4 Å². The summed E-state index contributed by atoms with van der Waals surface area (Å²) in [5.41, 5.74) is 0.990. The van der Waals surface area contributed by atoms with E-state index in [1.165, 1.54) is 0 Å². The Morgan fingerprint density at radius 2 is 2.05 bits per heavy atom. The Labute approximate surface area is 118 Å². The third-order valence-corrected chi connectivity index (χ3v) is 2.87. The maximum absolute atomic E-state index is 11.6. The fourth-order valence-corrected chi connectivity index (χ4v) is 1.80. The van der Waals surface area contributed by atoms with Gasteiger partial charge in [-0.25, -0.2) is 4.98 Å². The van der Waals surface area contributed by atoms with Gasteiger partial charge in [0.15, 0.2) is 11.7 Å². The zero-order chi connectivity index (χ0) is 14.2. The molecule has 2 rings (SSSR count). The van der Waals surface area contributed by atoms with Crippen LogP contribution in [0, 0.1) is 0 Å². The highest BCUT2D eigenvalue weighted by Crippen LogP contribution is 2.20. The summed E-state index contributed by atoms with van der Waals surface area (Å²) in [4.78, 5) is 15.8. The second-order valence-corrected chi connectivity index (χ2v) is 4.44. The first-order valence-corrected chi connectivity index (χ1v) is 6.71.